The molecule has 2 unspecified atom stereocenters. The number of nitrogens with zero attached hydrogens (tertiary/aromatic N) is 1. The van der Waals surface area contributed by atoms with Crippen molar-refractivity contribution in [3.63, 3.8) is 0 Å². The second-order valence-corrected chi connectivity index (χ2v) is 4.54. The molecule has 0 aromatic heterocycles. The lowest BCUT2D eigenvalue weighted by atomic mass is 10.1. The highest BCUT2D eigenvalue weighted by molar-refractivity contribution is 7.80. The van der Waals surface area contributed by atoms with Crippen molar-refractivity contribution < 1.29 is 0 Å². The highest BCUT2D eigenvalue weighted by Gasteiger charge is 2.19. The standard InChI is InChI=1S/C12H26N2S/c1-6-9-13-12(15)14(10(4)7-2)11(5)8-3/h10-11H,6-9H2,1-5H3,(H,13,15). The zero-order valence-corrected chi connectivity index (χ0v) is 11.7. The van der Waals surface area contributed by atoms with Crippen LogP contribution in [0.2, 0.25) is 0 Å². The summed E-state index contributed by atoms with van der Waals surface area (Å²) in [4.78, 5) is 2.34. The first-order chi connectivity index (χ1) is 7.08. The minimum absolute atomic E-state index is 0.525. The molecule has 0 spiro atoms. The molecule has 0 saturated carbocycles. The van der Waals surface area contributed by atoms with Crippen LogP contribution >= 0.6 is 12.2 Å². The molecule has 0 aromatic rings. The van der Waals surface area contributed by atoms with E-state index >= 15 is 0 Å². The molecule has 2 atom stereocenters. The Balaban J connectivity index is 4.40. The number of hydrogen-bond acceptors (Lipinski definition) is 1. The second-order valence-electron chi connectivity index (χ2n) is 4.15. The Bertz CT molecular complexity index is 172. The van der Waals surface area contributed by atoms with E-state index in [1.165, 1.54) is 0 Å². The smallest absolute Gasteiger partial charge is 0.169 e. The summed E-state index contributed by atoms with van der Waals surface area (Å²) in [6, 6.07) is 1.05. The highest BCUT2D eigenvalue weighted by Crippen LogP contribution is 2.11. The lowest BCUT2D eigenvalue weighted by Gasteiger charge is -2.36. The van der Waals surface area contributed by atoms with Crippen molar-refractivity contribution in [1.82, 2.24) is 10.2 Å². The van der Waals surface area contributed by atoms with Crippen LogP contribution < -0.4 is 5.32 Å². The first kappa shape index (κ1) is 14.7. The summed E-state index contributed by atoms with van der Waals surface area (Å²) in [5, 5.41) is 4.24. The molecule has 0 aromatic carbocycles. The maximum absolute atomic E-state index is 5.44. The van der Waals surface area contributed by atoms with E-state index < -0.39 is 0 Å². The quantitative estimate of drug-likeness (QED) is 0.706. The van der Waals surface area contributed by atoms with Gasteiger partial charge in [-0.3, -0.25) is 0 Å². The zero-order valence-electron chi connectivity index (χ0n) is 10.8. The minimum Gasteiger partial charge on any atom is -0.363 e. The van der Waals surface area contributed by atoms with Crippen LogP contribution in [0.5, 0.6) is 0 Å². The van der Waals surface area contributed by atoms with E-state index in [2.05, 4.69) is 44.8 Å². The summed E-state index contributed by atoms with van der Waals surface area (Å²) in [6.45, 7) is 12.0. The summed E-state index contributed by atoms with van der Waals surface area (Å²) in [6.07, 6.45) is 3.39. The van der Waals surface area contributed by atoms with E-state index in [1.807, 2.05) is 0 Å². The van der Waals surface area contributed by atoms with E-state index in [0.717, 1.165) is 30.9 Å². The van der Waals surface area contributed by atoms with Gasteiger partial charge in [-0.1, -0.05) is 20.8 Å². The third kappa shape index (κ3) is 4.83. The molecule has 0 fully saturated rings. The van der Waals surface area contributed by atoms with Crippen LogP contribution in [0.15, 0.2) is 0 Å². The minimum atomic E-state index is 0.525. The summed E-state index contributed by atoms with van der Waals surface area (Å²) in [5.74, 6) is 0. The lowest BCUT2D eigenvalue weighted by molar-refractivity contribution is 0.247. The van der Waals surface area contributed by atoms with Gasteiger partial charge >= 0.3 is 0 Å². The van der Waals surface area contributed by atoms with Gasteiger partial charge in [0.2, 0.25) is 0 Å². The van der Waals surface area contributed by atoms with Crippen molar-refractivity contribution in [3.05, 3.63) is 0 Å². The molecule has 0 aliphatic heterocycles. The van der Waals surface area contributed by atoms with E-state index in [0.29, 0.717) is 12.1 Å². The van der Waals surface area contributed by atoms with E-state index in [4.69, 9.17) is 12.2 Å². The van der Waals surface area contributed by atoms with Crippen molar-refractivity contribution in [2.45, 2.75) is 66.0 Å². The molecule has 0 bridgehead atoms. The molecule has 0 rings (SSSR count). The van der Waals surface area contributed by atoms with Gasteiger partial charge in [-0.2, -0.15) is 0 Å². The van der Waals surface area contributed by atoms with Gasteiger partial charge in [-0.05, 0) is 45.3 Å². The molecule has 0 aliphatic carbocycles. The normalized spacial score (nSPS) is 14.5. The molecule has 0 heterocycles. The van der Waals surface area contributed by atoms with Crippen LogP contribution in [0.1, 0.15) is 53.9 Å². The number of hydrogen-bond donors (Lipinski definition) is 1. The lowest BCUT2D eigenvalue weighted by Crippen LogP contribution is -2.49. The Kier molecular flexibility index (Phi) is 7.75. The summed E-state index contributed by atoms with van der Waals surface area (Å²) < 4.78 is 0. The number of rotatable bonds is 6. The fourth-order valence-corrected chi connectivity index (χ4v) is 2.01. The van der Waals surface area contributed by atoms with E-state index in [9.17, 15) is 0 Å². The molecule has 90 valence electrons. The first-order valence-corrected chi connectivity index (χ1v) is 6.55. The van der Waals surface area contributed by atoms with Gasteiger partial charge in [0.15, 0.2) is 5.11 Å². The third-order valence-corrected chi connectivity index (χ3v) is 3.25. The van der Waals surface area contributed by atoms with Crippen molar-refractivity contribution >= 4 is 17.3 Å². The maximum Gasteiger partial charge on any atom is 0.169 e. The van der Waals surface area contributed by atoms with Crippen molar-refractivity contribution in [1.29, 1.82) is 0 Å². The molecular weight excluding hydrogens is 204 g/mol. The molecule has 3 heteroatoms. The van der Waals surface area contributed by atoms with Gasteiger partial charge < -0.3 is 10.2 Å². The second kappa shape index (κ2) is 7.91. The summed E-state index contributed by atoms with van der Waals surface area (Å²) >= 11 is 5.44. The molecule has 0 saturated heterocycles. The largest absolute Gasteiger partial charge is 0.363 e. The first-order valence-electron chi connectivity index (χ1n) is 6.14. The SMILES string of the molecule is CCCNC(=S)N(C(C)CC)C(C)CC. The predicted molar refractivity (Wildman–Crippen MR) is 72.2 cm³/mol. The van der Waals surface area contributed by atoms with Crippen LogP contribution in [-0.4, -0.2) is 28.6 Å². The van der Waals surface area contributed by atoms with Crippen molar-refractivity contribution in [2.24, 2.45) is 0 Å². The Morgan fingerprint density at radius 3 is 1.93 bits per heavy atom. The van der Waals surface area contributed by atoms with Gasteiger partial charge in [0.05, 0.1) is 0 Å². The number of nitrogens with one attached hydrogen (secondary N) is 1. The Morgan fingerprint density at radius 2 is 1.60 bits per heavy atom. The molecular formula is C12H26N2S. The Morgan fingerprint density at radius 1 is 1.13 bits per heavy atom. The van der Waals surface area contributed by atoms with Gasteiger partial charge in [-0.15, -0.1) is 0 Å². The number of thiocarbonyl (C=S) groups is 1. The fourth-order valence-electron chi connectivity index (χ4n) is 1.55. The Hall–Kier alpha value is -0.310. The molecule has 2 nitrogen and oxygen atoms in total. The van der Waals surface area contributed by atoms with E-state index in [1.54, 1.807) is 0 Å². The van der Waals surface area contributed by atoms with Crippen LogP contribution in [0, 0.1) is 0 Å². The molecule has 1 N–H and O–H groups in total. The maximum atomic E-state index is 5.44. The molecule has 0 aliphatic rings. The fraction of sp³-hybridized carbons (Fsp3) is 0.917. The monoisotopic (exact) mass is 230 g/mol. The third-order valence-electron chi connectivity index (χ3n) is 2.89. The van der Waals surface area contributed by atoms with Gasteiger partial charge in [-0.25, -0.2) is 0 Å². The molecule has 15 heavy (non-hydrogen) atoms. The van der Waals surface area contributed by atoms with Crippen molar-refractivity contribution in [2.75, 3.05) is 6.54 Å². The molecule has 0 radical (unpaired) electrons. The van der Waals surface area contributed by atoms with Gasteiger partial charge in [0.1, 0.15) is 0 Å². The highest BCUT2D eigenvalue weighted by atomic mass is 32.1. The topological polar surface area (TPSA) is 15.3 Å². The Labute approximate surface area is 100 Å². The van der Waals surface area contributed by atoms with E-state index in [-0.39, 0.29) is 0 Å². The van der Waals surface area contributed by atoms with Gasteiger partial charge in [0, 0.05) is 18.6 Å². The average Bonchev–Trinajstić information content (AvgIpc) is 2.25. The van der Waals surface area contributed by atoms with Crippen molar-refractivity contribution in [3.8, 4) is 0 Å². The zero-order chi connectivity index (χ0) is 11.8. The molecule has 0 amide bonds. The van der Waals surface area contributed by atoms with Crippen LogP contribution in [0.3, 0.4) is 0 Å². The van der Waals surface area contributed by atoms with Crippen LogP contribution in [0.4, 0.5) is 0 Å². The van der Waals surface area contributed by atoms with Crippen LogP contribution in [0.25, 0.3) is 0 Å². The van der Waals surface area contributed by atoms with Crippen LogP contribution in [-0.2, 0) is 0 Å². The van der Waals surface area contributed by atoms with Gasteiger partial charge in [0.25, 0.3) is 0 Å². The average molecular weight is 230 g/mol. The summed E-state index contributed by atoms with van der Waals surface area (Å²) in [5.41, 5.74) is 0. The predicted octanol–water partition coefficient (Wildman–Crippen LogP) is 3.17. The summed E-state index contributed by atoms with van der Waals surface area (Å²) in [7, 11) is 0.